The smallest absolute Gasteiger partial charge is 0.0656 e. The lowest BCUT2D eigenvalue weighted by Gasteiger charge is -2.39. The number of piperazine rings is 1. The van der Waals surface area contributed by atoms with Crippen LogP contribution in [0.2, 0.25) is 0 Å². The molecule has 0 aromatic heterocycles. The van der Waals surface area contributed by atoms with E-state index in [2.05, 4.69) is 23.8 Å². The van der Waals surface area contributed by atoms with Gasteiger partial charge in [0, 0.05) is 32.2 Å². The van der Waals surface area contributed by atoms with E-state index in [1.807, 2.05) is 30.3 Å². The predicted molar refractivity (Wildman–Crippen MR) is 82.5 cm³/mol. The Balaban J connectivity index is 1.94. The molecule has 2 atom stereocenters. The van der Waals surface area contributed by atoms with Crippen molar-refractivity contribution in [3.63, 3.8) is 0 Å². The molecule has 1 aromatic rings. The number of likely N-dealkylation sites (N-methyl/N-ethyl adjacent to an activating group) is 1. The molecule has 4 heteroatoms. The predicted octanol–water partition coefficient (Wildman–Crippen LogP) is 0.859. The van der Waals surface area contributed by atoms with Gasteiger partial charge in [0.25, 0.3) is 0 Å². The van der Waals surface area contributed by atoms with Gasteiger partial charge in [-0.15, -0.1) is 0 Å². The van der Waals surface area contributed by atoms with Gasteiger partial charge in [-0.25, -0.2) is 0 Å². The van der Waals surface area contributed by atoms with Crippen LogP contribution in [0.5, 0.6) is 0 Å². The number of nitrogens with two attached hydrogens (primary N) is 1. The molecular formula is C16H27N3O. The maximum atomic E-state index is 9.71. The molecule has 1 saturated heterocycles. The molecule has 1 aliphatic heterocycles. The van der Waals surface area contributed by atoms with Crippen molar-refractivity contribution in [1.82, 2.24) is 9.80 Å². The van der Waals surface area contributed by atoms with Crippen molar-refractivity contribution in [2.45, 2.75) is 24.9 Å². The summed E-state index contributed by atoms with van der Waals surface area (Å²) in [4.78, 5) is 4.83. The van der Waals surface area contributed by atoms with Crippen molar-refractivity contribution in [2.75, 3.05) is 39.8 Å². The van der Waals surface area contributed by atoms with Crippen LogP contribution in [-0.2, 0) is 5.54 Å². The van der Waals surface area contributed by atoms with Crippen LogP contribution >= 0.6 is 0 Å². The number of rotatable bonds is 5. The Hall–Kier alpha value is -0.940. The summed E-state index contributed by atoms with van der Waals surface area (Å²) in [6, 6.07) is 10.5. The van der Waals surface area contributed by atoms with Gasteiger partial charge < -0.3 is 20.6 Å². The zero-order valence-electron chi connectivity index (χ0n) is 12.6. The topological polar surface area (TPSA) is 52.7 Å². The van der Waals surface area contributed by atoms with Gasteiger partial charge in [-0.2, -0.15) is 0 Å². The summed E-state index contributed by atoms with van der Waals surface area (Å²) in [5.41, 5.74) is 6.80. The van der Waals surface area contributed by atoms with Crippen molar-refractivity contribution < 1.29 is 5.11 Å². The molecule has 20 heavy (non-hydrogen) atoms. The summed E-state index contributed by atoms with van der Waals surface area (Å²) in [6.45, 7) is 6.43. The van der Waals surface area contributed by atoms with Gasteiger partial charge in [-0.1, -0.05) is 30.3 Å². The fourth-order valence-electron chi connectivity index (χ4n) is 2.77. The average Bonchev–Trinajstić information content (AvgIpc) is 2.49. The monoisotopic (exact) mass is 277 g/mol. The summed E-state index contributed by atoms with van der Waals surface area (Å²) in [7, 11) is 2.17. The maximum absolute atomic E-state index is 9.71. The van der Waals surface area contributed by atoms with E-state index in [0.717, 1.165) is 38.2 Å². The fraction of sp³-hybridized carbons (Fsp3) is 0.625. The third-order valence-electron chi connectivity index (χ3n) is 4.55. The quantitative estimate of drug-likeness (QED) is 0.838. The number of nitrogens with zero attached hydrogens (tertiary/aromatic N) is 2. The first-order chi connectivity index (χ1) is 9.55. The highest BCUT2D eigenvalue weighted by Gasteiger charge is 2.28. The van der Waals surface area contributed by atoms with E-state index in [1.54, 1.807) is 0 Å². The largest absolute Gasteiger partial charge is 0.394 e. The van der Waals surface area contributed by atoms with Gasteiger partial charge in [0.1, 0.15) is 0 Å². The lowest BCUT2D eigenvalue weighted by Crippen LogP contribution is -2.52. The standard InChI is InChI=1S/C16H27N3O/c1-14-12-19(11-10-18(14)2)9-8-16(17,13-20)15-6-4-3-5-7-15/h3-7,14,20H,8-13,17H2,1-2H3. The van der Waals surface area contributed by atoms with Crippen LogP contribution in [0.15, 0.2) is 30.3 Å². The maximum Gasteiger partial charge on any atom is 0.0656 e. The molecule has 3 N–H and O–H groups in total. The Bertz CT molecular complexity index is 411. The van der Waals surface area contributed by atoms with Crippen LogP contribution in [0.1, 0.15) is 18.9 Å². The van der Waals surface area contributed by atoms with Gasteiger partial charge in [-0.05, 0) is 26.0 Å². The molecule has 1 aromatic carbocycles. The lowest BCUT2D eigenvalue weighted by atomic mass is 9.88. The van der Waals surface area contributed by atoms with Crippen LogP contribution in [0.25, 0.3) is 0 Å². The van der Waals surface area contributed by atoms with Crippen molar-refractivity contribution >= 4 is 0 Å². The second-order valence-electron chi connectivity index (χ2n) is 6.06. The number of aliphatic hydroxyl groups is 1. The van der Waals surface area contributed by atoms with Crippen LogP contribution < -0.4 is 5.73 Å². The van der Waals surface area contributed by atoms with Crippen LogP contribution in [0.3, 0.4) is 0 Å². The van der Waals surface area contributed by atoms with Gasteiger partial charge in [-0.3, -0.25) is 0 Å². The summed E-state index contributed by atoms with van der Waals surface area (Å²) in [5, 5.41) is 9.71. The third-order valence-corrected chi connectivity index (χ3v) is 4.55. The number of hydrogen-bond acceptors (Lipinski definition) is 4. The number of benzene rings is 1. The van der Waals surface area contributed by atoms with E-state index in [0.29, 0.717) is 6.04 Å². The molecule has 0 spiro atoms. The van der Waals surface area contributed by atoms with E-state index < -0.39 is 5.54 Å². The molecule has 2 unspecified atom stereocenters. The van der Waals surface area contributed by atoms with Crippen LogP contribution in [0.4, 0.5) is 0 Å². The van der Waals surface area contributed by atoms with E-state index in [9.17, 15) is 5.11 Å². The molecule has 4 nitrogen and oxygen atoms in total. The summed E-state index contributed by atoms with van der Waals surface area (Å²) in [5.74, 6) is 0. The lowest BCUT2D eigenvalue weighted by molar-refractivity contribution is 0.0904. The Morgan fingerprint density at radius 2 is 2.00 bits per heavy atom. The molecule has 1 heterocycles. The molecule has 0 amide bonds. The summed E-state index contributed by atoms with van der Waals surface area (Å²) >= 11 is 0. The first kappa shape index (κ1) is 15.4. The zero-order valence-corrected chi connectivity index (χ0v) is 12.6. The Morgan fingerprint density at radius 3 is 2.60 bits per heavy atom. The van der Waals surface area contributed by atoms with Crippen molar-refractivity contribution in [2.24, 2.45) is 5.73 Å². The minimum absolute atomic E-state index is 0.0136. The minimum Gasteiger partial charge on any atom is -0.394 e. The van der Waals surface area contributed by atoms with Crippen LogP contribution in [0, 0.1) is 0 Å². The molecule has 112 valence electrons. The summed E-state index contributed by atoms with van der Waals surface area (Å²) in [6.07, 6.45) is 0.782. The van der Waals surface area contributed by atoms with E-state index >= 15 is 0 Å². The number of hydrogen-bond donors (Lipinski definition) is 2. The van der Waals surface area contributed by atoms with E-state index in [1.165, 1.54) is 0 Å². The Kier molecular flexibility index (Phi) is 5.16. The van der Waals surface area contributed by atoms with Crippen LogP contribution in [-0.4, -0.2) is 60.8 Å². The second-order valence-corrected chi connectivity index (χ2v) is 6.06. The van der Waals surface area contributed by atoms with E-state index in [4.69, 9.17) is 5.73 Å². The van der Waals surface area contributed by atoms with Gasteiger partial charge in [0.05, 0.1) is 12.1 Å². The molecule has 1 fully saturated rings. The van der Waals surface area contributed by atoms with Crippen molar-refractivity contribution in [3.05, 3.63) is 35.9 Å². The van der Waals surface area contributed by atoms with Gasteiger partial charge in [0.2, 0.25) is 0 Å². The molecule has 2 rings (SSSR count). The third kappa shape index (κ3) is 3.58. The van der Waals surface area contributed by atoms with Gasteiger partial charge >= 0.3 is 0 Å². The molecular weight excluding hydrogens is 250 g/mol. The first-order valence-corrected chi connectivity index (χ1v) is 7.43. The van der Waals surface area contributed by atoms with Gasteiger partial charge in [0.15, 0.2) is 0 Å². The highest BCUT2D eigenvalue weighted by Crippen LogP contribution is 2.22. The Morgan fingerprint density at radius 1 is 1.30 bits per heavy atom. The zero-order chi connectivity index (χ0) is 14.6. The second kappa shape index (κ2) is 6.68. The summed E-state index contributed by atoms with van der Waals surface area (Å²) < 4.78 is 0. The van der Waals surface area contributed by atoms with Crippen molar-refractivity contribution in [3.8, 4) is 0 Å². The normalized spacial score (nSPS) is 24.5. The first-order valence-electron chi connectivity index (χ1n) is 7.43. The SMILES string of the molecule is CC1CN(CCC(N)(CO)c2ccccc2)CCN1C. The van der Waals surface area contributed by atoms with E-state index in [-0.39, 0.29) is 6.61 Å². The molecule has 0 saturated carbocycles. The number of aliphatic hydroxyl groups excluding tert-OH is 1. The van der Waals surface area contributed by atoms with Crippen molar-refractivity contribution in [1.29, 1.82) is 0 Å². The highest BCUT2D eigenvalue weighted by molar-refractivity contribution is 5.24. The molecule has 1 aliphatic rings. The molecule has 0 aliphatic carbocycles. The molecule has 0 bridgehead atoms. The average molecular weight is 277 g/mol. The Labute approximate surface area is 122 Å². The molecule has 0 radical (unpaired) electrons. The highest BCUT2D eigenvalue weighted by atomic mass is 16.3. The minimum atomic E-state index is -0.631. The fourth-order valence-corrected chi connectivity index (χ4v) is 2.77.